The molecule has 2 heterocycles. The molecule has 2 aliphatic rings. The van der Waals surface area contributed by atoms with Crippen molar-refractivity contribution in [1.29, 1.82) is 0 Å². The predicted molar refractivity (Wildman–Crippen MR) is 89.4 cm³/mol. The number of pyridine rings is 1. The average Bonchev–Trinajstić information content (AvgIpc) is 2.78. The molecule has 0 radical (unpaired) electrons. The summed E-state index contributed by atoms with van der Waals surface area (Å²) in [5.41, 5.74) is 4.69. The largest absolute Gasteiger partial charge is 0.247 e. The first kappa shape index (κ1) is 14.5. The topological polar surface area (TPSA) is 25.8 Å². The highest BCUT2D eigenvalue weighted by molar-refractivity contribution is 5.94. The predicted octanol–water partition coefficient (Wildman–Crippen LogP) is 5.19. The lowest BCUT2D eigenvalue weighted by atomic mass is 9.98. The monoisotopic (exact) mass is 318 g/mol. The van der Waals surface area contributed by atoms with Crippen LogP contribution in [0.3, 0.4) is 0 Å². The van der Waals surface area contributed by atoms with Crippen LogP contribution < -0.4 is 0 Å². The van der Waals surface area contributed by atoms with Gasteiger partial charge in [-0.2, -0.15) is 4.39 Å². The number of rotatable bonds is 2. The molecule has 1 aromatic carbocycles. The molecule has 24 heavy (non-hydrogen) atoms. The maximum Gasteiger partial charge on any atom is 0.213 e. The van der Waals surface area contributed by atoms with Gasteiger partial charge >= 0.3 is 0 Å². The summed E-state index contributed by atoms with van der Waals surface area (Å²) in [7, 11) is 0. The van der Waals surface area contributed by atoms with E-state index in [9.17, 15) is 8.78 Å². The van der Waals surface area contributed by atoms with E-state index in [0.717, 1.165) is 22.4 Å². The van der Waals surface area contributed by atoms with Crippen molar-refractivity contribution in [3.8, 4) is 33.6 Å². The minimum absolute atomic E-state index is 0.308. The number of aromatic nitrogens is 2. The fourth-order valence-corrected chi connectivity index (χ4v) is 2.82. The van der Waals surface area contributed by atoms with E-state index < -0.39 is 5.95 Å². The summed E-state index contributed by atoms with van der Waals surface area (Å²) in [5, 5.41) is 0. The van der Waals surface area contributed by atoms with Crippen LogP contribution in [0.25, 0.3) is 33.6 Å². The quantitative estimate of drug-likeness (QED) is 0.475. The van der Waals surface area contributed by atoms with Crippen LogP contribution in [0.4, 0.5) is 8.78 Å². The Morgan fingerprint density at radius 3 is 2.33 bits per heavy atom. The maximum atomic E-state index is 13.6. The van der Waals surface area contributed by atoms with E-state index in [4.69, 9.17) is 4.98 Å². The smallest absolute Gasteiger partial charge is 0.213 e. The van der Waals surface area contributed by atoms with E-state index in [1.165, 1.54) is 24.4 Å². The van der Waals surface area contributed by atoms with Gasteiger partial charge in [-0.25, -0.2) is 14.4 Å². The van der Waals surface area contributed by atoms with Gasteiger partial charge in [0.1, 0.15) is 5.82 Å². The van der Waals surface area contributed by atoms with Crippen LogP contribution in [0.2, 0.25) is 0 Å². The van der Waals surface area contributed by atoms with E-state index in [0.29, 0.717) is 11.3 Å². The fourth-order valence-electron chi connectivity index (χ4n) is 2.82. The zero-order chi connectivity index (χ0) is 16.5. The third-order valence-electron chi connectivity index (χ3n) is 3.89. The molecule has 0 atom stereocenters. The molecular weight excluding hydrogens is 306 g/mol. The van der Waals surface area contributed by atoms with Crippen molar-refractivity contribution in [2.45, 2.75) is 0 Å². The van der Waals surface area contributed by atoms with Gasteiger partial charge in [0.25, 0.3) is 0 Å². The van der Waals surface area contributed by atoms with Gasteiger partial charge in [-0.15, -0.1) is 0 Å². The molecule has 1 aliphatic heterocycles. The van der Waals surface area contributed by atoms with Crippen molar-refractivity contribution >= 4 is 0 Å². The summed E-state index contributed by atoms with van der Waals surface area (Å²) < 4.78 is 26.9. The molecular formula is C20H12F2N2. The van der Waals surface area contributed by atoms with Crippen molar-refractivity contribution in [1.82, 2.24) is 9.97 Å². The molecule has 0 bridgehead atoms. The standard InChI is InChI=1S/C20H12F2N2/c21-15-8-6-13(7-9-15)20-19(14-10-11-23-18(22)12-14)16-4-2-1-3-5-17(16)24-20/h1-12H. The summed E-state index contributed by atoms with van der Waals surface area (Å²) in [4.78, 5) is 8.31. The van der Waals surface area contributed by atoms with Crippen molar-refractivity contribution in [3.63, 3.8) is 0 Å². The van der Waals surface area contributed by atoms with Gasteiger partial charge in [0, 0.05) is 29.0 Å². The fraction of sp³-hybridized carbons (Fsp3) is 0. The van der Waals surface area contributed by atoms with Gasteiger partial charge in [-0.05, 0) is 42.0 Å². The number of nitrogens with zero attached hydrogens (tertiary/aromatic N) is 2. The van der Waals surface area contributed by atoms with E-state index in [1.807, 2.05) is 30.3 Å². The molecule has 0 amide bonds. The van der Waals surface area contributed by atoms with E-state index in [1.54, 1.807) is 18.2 Å². The number of halogens is 2. The molecule has 4 rings (SSSR count). The van der Waals surface area contributed by atoms with Gasteiger partial charge in [0.15, 0.2) is 0 Å². The number of hydrogen-bond donors (Lipinski definition) is 0. The molecule has 1 aliphatic carbocycles. The van der Waals surface area contributed by atoms with Crippen molar-refractivity contribution < 1.29 is 8.78 Å². The van der Waals surface area contributed by atoms with Gasteiger partial charge < -0.3 is 0 Å². The highest BCUT2D eigenvalue weighted by Gasteiger charge is 2.20. The second-order valence-corrected chi connectivity index (χ2v) is 5.42. The molecule has 0 N–H and O–H groups in total. The summed E-state index contributed by atoms with van der Waals surface area (Å²) in [6.45, 7) is 0. The zero-order valence-electron chi connectivity index (χ0n) is 12.6. The molecule has 0 saturated carbocycles. The van der Waals surface area contributed by atoms with Crippen LogP contribution in [-0.2, 0) is 0 Å². The Labute approximate surface area is 137 Å². The average molecular weight is 318 g/mol. The Balaban J connectivity index is 2.03. The Kier molecular flexibility index (Phi) is 3.50. The Morgan fingerprint density at radius 1 is 0.750 bits per heavy atom. The van der Waals surface area contributed by atoms with Crippen LogP contribution in [0.15, 0.2) is 72.9 Å². The zero-order valence-corrected chi connectivity index (χ0v) is 12.6. The van der Waals surface area contributed by atoms with E-state index >= 15 is 0 Å². The van der Waals surface area contributed by atoms with Crippen LogP contribution in [-0.4, -0.2) is 9.97 Å². The summed E-state index contributed by atoms with van der Waals surface area (Å²) in [6, 6.07) is 18.9. The molecule has 2 nitrogen and oxygen atoms in total. The molecule has 0 spiro atoms. The lowest BCUT2D eigenvalue weighted by Crippen LogP contribution is -1.87. The highest BCUT2D eigenvalue weighted by atomic mass is 19.1. The normalized spacial score (nSPS) is 10.9. The summed E-state index contributed by atoms with van der Waals surface area (Å²) in [6.07, 6.45) is 1.43. The van der Waals surface area contributed by atoms with Gasteiger partial charge in [-0.3, -0.25) is 0 Å². The second kappa shape index (κ2) is 5.81. The number of benzene rings is 1. The Morgan fingerprint density at radius 2 is 1.54 bits per heavy atom. The second-order valence-electron chi connectivity index (χ2n) is 5.42. The highest BCUT2D eigenvalue weighted by Crippen LogP contribution is 2.41. The van der Waals surface area contributed by atoms with Gasteiger partial charge in [-0.1, -0.05) is 24.3 Å². The van der Waals surface area contributed by atoms with Crippen LogP contribution in [0.5, 0.6) is 0 Å². The summed E-state index contributed by atoms with van der Waals surface area (Å²) >= 11 is 0. The first-order valence-corrected chi connectivity index (χ1v) is 7.49. The minimum atomic E-state index is -0.549. The minimum Gasteiger partial charge on any atom is -0.247 e. The van der Waals surface area contributed by atoms with Crippen LogP contribution in [0, 0.1) is 11.8 Å². The van der Waals surface area contributed by atoms with Crippen LogP contribution >= 0.6 is 0 Å². The SMILES string of the molecule is Fc1ccc(-c2nc3cccccc-3c2-c2ccnc(F)c2)cc1. The Bertz CT molecular complexity index is 981. The molecule has 0 fully saturated rings. The first-order valence-electron chi connectivity index (χ1n) is 7.49. The lowest BCUT2D eigenvalue weighted by molar-refractivity contribution is 0.584. The third kappa shape index (κ3) is 2.52. The molecule has 4 heteroatoms. The third-order valence-corrected chi connectivity index (χ3v) is 3.89. The number of fused-ring (bicyclic) bond motifs is 1. The van der Waals surface area contributed by atoms with Gasteiger partial charge in [0.2, 0.25) is 5.95 Å². The molecule has 2 aromatic rings. The Hall–Kier alpha value is -3.14. The first-order chi connectivity index (χ1) is 11.7. The van der Waals surface area contributed by atoms with E-state index in [2.05, 4.69) is 4.98 Å². The van der Waals surface area contributed by atoms with Crippen molar-refractivity contribution in [3.05, 3.63) is 84.7 Å². The summed E-state index contributed by atoms with van der Waals surface area (Å²) in [5.74, 6) is -0.857. The molecule has 0 saturated heterocycles. The molecule has 1 aromatic heterocycles. The lowest BCUT2D eigenvalue weighted by Gasteiger charge is -2.05. The maximum absolute atomic E-state index is 13.6. The van der Waals surface area contributed by atoms with Gasteiger partial charge in [0.05, 0.1) is 11.4 Å². The van der Waals surface area contributed by atoms with Crippen molar-refractivity contribution in [2.24, 2.45) is 0 Å². The number of hydrogen-bond acceptors (Lipinski definition) is 2. The van der Waals surface area contributed by atoms with E-state index in [-0.39, 0.29) is 5.82 Å². The molecule has 116 valence electrons. The molecule has 0 unspecified atom stereocenters. The van der Waals surface area contributed by atoms with Crippen molar-refractivity contribution in [2.75, 3.05) is 0 Å². The van der Waals surface area contributed by atoms with Crippen LogP contribution in [0.1, 0.15) is 0 Å².